The molecule has 0 aliphatic carbocycles. The van der Waals surface area contributed by atoms with Gasteiger partial charge in [0.1, 0.15) is 5.75 Å². The molecule has 0 unspecified atom stereocenters. The number of fused-ring (bicyclic) bond motifs is 2. The number of carbonyl (C=O) groups excluding carboxylic acids is 1. The lowest BCUT2D eigenvalue weighted by Crippen LogP contribution is -2.31. The van der Waals surface area contributed by atoms with Crippen molar-refractivity contribution in [3.63, 3.8) is 0 Å². The van der Waals surface area contributed by atoms with Gasteiger partial charge in [-0.25, -0.2) is 9.59 Å². The highest BCUT2D eigenvalue weighted by Crippen LogP contribution is 2.21. The maximum Gasteiger partial charge on any atom is 0.345 e. The first-order chi connectivity index (χ1) is 14.6. The van der Waals surface area contributed by atoms with Crippen LogP contribution in [0.3, 0.4) is 0 Å². The molecule has 0 amide bonds. The van der Waals surface area contributed by atoms with Gasteiger partial charge in [0.2, 0.25) is 6.10 Å². The van der Waals surface area contributed by atoms with Crippen LogP contribution in [0.5, 0.6) is 5.75 Å². The standard InChI is InChI=1S/C25H20O5/c26-24(16-29-22-12-11-19-6-2-4-8-21(19)15-22)30-23(25(27)28)14-17-9-10-18-5-1-3-7-20(18)13-17/h1-13,15,23H,14,16H2,(H,27,28)/t23-/m1/s1. The maximum atomic E-state index is 12.2. The molecule has 5 heteroatoms. The second-order valence-electron chi connectivity index (χ2n) is 7.00. The molecule has 0 aromatic heterocycles. The van der Waals surface area contributed by atoms with E-state index in [1.807, 2.05) is 78.9 Å². The Morgan fingerprint density at radius 1 is 0.767 bits per heavy atom. The fourth-order valence-electron chi connectivity index (χ4n) is 3.35. The van der Waals surface area contributed by atoms with Crippen molar-refractivity contribution >= 4 is 33.5 Å². The minimum atomic E-state index is -1.28. The van der Waals surface area contributed by atoms with E-state index in [1.165, 1.54) is 0 Å². The molecule has 5 nitrogen and oxygen atoms in total. The van der Waals surface area contributed by atoms with E-state index in [-0.39, 0.29) is 13.0 Å². The second kappa shape index (κ2) is 8.66. The Labute approximate surface area is 173 Å². The van der Waals surface area contributed by atoms with Crippen LogP contribution in [0.1, 0.15) is 5.56 Å². The Balaban J connectivity index is 1.39. The van der Waals surface area contributed by atoms with Gasteiger partial charge in [0, 0.05) is 6.42 Å². The van der Waals surface area contributed by atoms with Crippen molar-refractivity contribution in [1.82, 2.24) is 0 Å². The molecule has 0 saturated heterocycles. The van der Waals surface area contributed by atoms with Crippen molar-refractivity contribution in [1.29, 1.82) is 0 Å². The third-order valence-electron chi connectivity index (χ3n) is 4.86. The molecule has 0 fully saturated rings. The molecule has 1 N–H and O–H groups in total. The average molecular weight is 400 g/mol. The summed E-state index contributed by atoms with van der Waals surface area (Å²) in [5.41, 5.74) is 0.782. The molecule has 0 saturated carbocycles. The van der Waals surface area contributed by atoms with E-state index in [9.17, 15) is 14.7 Å². The van der Waals surface area contributed by atoms with Gasteiger partial charge in [-0.05, 0) is 39.2 Å². The molecule has 0 aliphatic rings. The van der Waals surface area contributed by atoms with Crippen molar-refractivity contribution in [2.75, 3.05) is 6.61 Å². The highest BCUT2D eigenvalue weighted by Gasteiger charge is 2.23. The normalized spacial score (nSPS) is 11.9. The highest BCUT2D eigenvalue weighted by atomic mass is 16.6. The van der Waals surface area contributed by atoms with Crippen LogP contribution in [-0.4, -0.2) is 29.8 Å². The topological polar surface area (TPSA) is 72.8 Å². The van der Waals surface area contributed by atoms with Gasteiger partial charge in [-0.1, -0.05) is 72.8 Å². The summed E-state index contributed by atoms with van der Waals surface area (Å²) in [4.78, 5) is 23.8. The van der Waals surface area contributed by atoms with Crippen LogP contribution in [-0.2, 0) is 20.7 Å². The first kappa shape index (κ1) is 19.5. The second-order valence-corrected chi connectivity index (χ2v) is 7.00. The zero-order chi connectivity index (χ0) is 20.9. The summed E-state index contributed by atoms with van der Waals surface area (Å²) < 4.78 is 10.7. The minimum absolute atomic E-state index is 0.0852. The van der Waals surface area contributed by atoms with Crippen LogP contribution in [0.25, 0.3) is 21.5 Å². The van der Waals surface area contributed by atoms with E-state index >= 15 is 0 Å². The lowest BCUT2D eigenvalue weighted by Gasteiger charge is -2.15. The summed E-state index contributed by atoms with van der Waals surface area (Å²) in [5, 5.41) is 13.6. The molecule has 1 atom stereocenters. The predicted molar refractivity (Wildman–Crippen MR) is 115 cm³/mol. The lowest BCUT2D eigenvalue weighted by atomic mass is 10.0. The molecular formula is C25H20O5. The van der Waals surface area contributed by atoms with E-state index in [0.717, 1.165) is 27.1 Å². The fraction of sp³-hybridized carbons (Fsp3) is 0.120. The van der Waals surface area contributed by atoms with Gasteiger partial charge in [-0.15, -0.1) is 0 Å². The molecule has 0 heterocycles. The van der Waals surface area contributed by atoms with Crippen molar-refractivity contribution in [2.24, 2.45) is 0 Å². The van der Waals surface area contributed by atoms with Gasteiger partial charge in [0.05, 0.1) is 0 Å². The number of carbonyl (C=O) groups is 2. The van der Waals surface area contributed by atoms with E-state index < -0.39 is 18.0 Å². The third kappa shape index (κ3) is 4.58. The third-order valence-corrected chi connectivity index (χ3v) is 4.86. The van der Waals surface area contributed by atoms with Crippen molar-refractivity contribution < 1.29 is 24.2 Å². The number of hydrogen-bond donors (Lipinski definition) is 1. The summed E-state index contributed by atoms with van der Waals surface area (Å²) in [5.74, 6) is -1.40. The Morgan fingerprint density at radius 2 is 1.37 bits per heavy atom. The van der Waals surface area contributed by atoms with Crippen molar-refractivity contribution in [3.8, 4) is 5.75 Å². The SMILES string of the molecule is O=C(COc1ccc2ccccc2c1)O[C@H](Cc1ccc2ccccc2c1)C(=O)O. The Hall–Kier alpha value is -3.86. The first-order valence-electron chi connectivity index (χ1n) is 9.60. The molecule has 0 aliphatic heterocycles. The fourth-order valence-corrected chi connectivity index (χ4v) is 3.35. The number of aliphatic carboxylic acids is 1. The molecule has 4 rings (SSSR count). The number of carboxylic acids is 1. The minimum Gasteiger partial charge on any atom is -0.482 e. The Morgan fingerprint density at radius 3 is 2.03 bits per heavy atom. The van der Waals surface area contributed by atoms with Crippen LogP contribution in [0.15, 0.2) is 84.9 Å². The van der Waals surface area contributed by atoms with Gasteiger partial charge in [0.25, 0.3) is 0 Å². The predicted octanol–water partition coefficient (Wildman–Crippen LogP) is 4.61. The van der Waals surface area contributed by atoms with Crippen LogP contribution >= 0.6 is 0 Å². The number of carboxylic acid groups (broad SMARTS) is 1. The van der Waals surface area contributed by atoms with Gasteiger partial charge < -0.3 is 14.6 Å². The first-order valence-corrected chi connectivity index (χ1v) is 9.60. The van der Waals surface area contributed by atoms with Crippen molar-refractivity contribution in [3.05, 3.63) is 90.5 Å². The lowest BCUT2D eigenvalue weighted by molar-refractivity contribution is -0.165. The summed E-state index contributed by atoms with van der Waals surface area (Å²) >= 11 is 0. The Bertz CT molecular complexity index is 1210. The molecule has 150 valence electrons. The molecule has 0 spiro atoms. The Kier molecular flexibility index (Phi) is 5.61. The number of ether oxygens (including phenoxy) is 2. The largest absolute Gasteiger partial charge is 0.482 e. The van der Waals surface area contributed by atoms with Gasteiger partial charge in [0.15, 0.2) is 6.61 Å². The molecule has 4 aromatic rings. The monoisotopic (exact) mass is 400 g/mol. The van der Waals surface area contributed by atoms with E-state index in [2.05, 4.69) is 0 Å². The summed E-state index contributed by atoms with van der Waals surface area (Å²) in [6, 6.07) is 26.8. The maximum absolute atomic E-state index is 12.2. The molecule has 0 bridgehead atoms. The van der Waals surface area contributed by atoms with E-state index in [1.54, 1.807) is 6.07 Å². The molecular weight excluding hydrogens is 380 g/mol. The zero-order valence-corrected chi connectivity index (χ0v) is 16.2. The van der Waals surface area contributed by atoms with Gasteiger partial charge in [-0.3, -0.25) is 0 Å². The highest BCUT2D eigenvalue weighted by molar-refractivity contribution is 5.85. The smallest absolute Gasteiger partial charge is 0.345 e. The molecule has 4 aromatic carbocycles. The van der Waals surface area contributed by atoms with Gasteiger partial charge in [-0.2, -0.15) is 0 Å². The van der Waals surface area contributed by atoms with Gasteiger partial charge >= 0.3 is 11.9 Å². The van der Waals surface area contributed by atoms with E-state index in [0.29, 0.717) is 5.75 Å². The van der Waals surface area contributed by atoms with Crippen LogP contribution < -0.4 is 4.74 Å². The summed E-state index contributed by atoms with van der Waals surface area (Å²) in [6.45, 7) is -0.361. The summed E-state index contributed by atoms with van der Waals surface area (Å²) in [6.07, 6.45) is -1.19. The quantitative estimate of drug-likeness (QED) is 0.459. The number of rotatable bonds is 7. The zero-order valence-electron chi connectivity index (χ0n) is 16.2. The van der Waals surface area contributed by atoms with Crippen molar-refractivity contribution in [2.45, 2.75) is 12.5 Å². The number of esters is 1. The number of benzene rings is 4. The van der Waals surface area contributed by atoms with E-state index in [4.69, 9.17) is 9.47 Å². The average Bonchev–Trinajstić information content (AvgIpc) is 2.77. The molecule has 0 radical (unpaired) electrons. The van der Waals surface area contributed by atoms with Crippen LogP contribution in [0.4, 0.5) is 0 Å². The van der Waals surface area contributed by atoms with Crippen LogP contribution in [0, 0.1) is 0 Å². The summed E-state index contributed by atoms with van der Waals surface area (Å²) in [7, 11) is 0. The van der Waals surface area contributed by atoms with Crippen LogP contribution in [0.2, 0.25) is 0 Å². The number of hydrogen-bond acceptors (Lipinski definition) is 4. The molecule has 30 heavy (non-hydrogen) atoms.